The molecule has 0 bridgehead atoms. The summed E-state index contributed by atoms with van der Waals surface area (Å²) in [6.45, 7) is 5.57. The second kappa shape index (κ2) is 9.25. The van der Waals surface area contributed by atoms with Gasteiger partial charge in [-0.05, 0) is 67.3 Å². The molecule has 0 N–H and O–H groups in total. The van der Waals surface area contributed by atoms with Gasteiger partial charge in [0, 0.05) is 12.1 Å². The smallest absolute Gasteiger partial charge is 0.0252 e. The van der Waals surface area contributed by atoms with E-state index in [1.807, 2.05) is 6.08 Å². The zero-order chi connectivity index (χ0) is 17.3. The average Bonchev–Trinajstić information content (AvgIpc) is 2.67. The highest BCUT2D eigenvalue weighted by Crippen LogP contribution is 2.26. The third-order valence-corrected chi connectivity index (χ3v) is 4.69. The summed E-state index contributed by atoms with van der Waals surface area (Å²) in [5, 5.41) is 0. The van der Waals surface area contributed by atoms with Crippen molar-refractivity contribution in [2.24, 2.45) is 0 Å². The minimum absolute atomic E-state index is 1.02. The molecule has 0 aliphatic carbocycles. The highest BCUT2D eigenvalue weighted by molar-refractivity contribution is 5.68. The van der Waals surface area contributed by atoms with E-state index in [2.05, 4.69) is 78.3 Å². The van der Waals surface area contributed by atoms with E-state index in [1.165, 1.54) is 49.0 Å². The molecular weight excluding hydrogens is 302 g/mol. The zero-order valence-corrected chi connectivity index (χ0v) is 15.2. The maximum Gasteiger partial charge on any atom is 0.0252 e. The van der Waals surface area contributed by atoms with E-state index < -0.39 is 0 Å². The summed E-state index contributed by atoms with van der Waals surface area (Å²) in [5.41, 5.74) is 5.12. The number of piperidine rings is 1. The number of hydrogen-bond donors (Lipinski definition) is 0. The molecule has 1 saturated heterocycles. The summed E-state index contributed by atoms with van der Waals surface area (Å²) in [6.07, 6.45) is 9.10. The molecule has 1 heterocycles. The van der Waals surface area contributed by atoms with Gasteiger partial charge in [-0.3, -0.25) is 4.90 Å². The summed E-state index contributed by atoms with van der Waals surface area (Å²) in [4.78, 5) is 2.58. The van der Waals surface area contributed by atoms with Gasteiger partial charge in [0.05, 0.1) is 0 Å². The number of benzene rings is 2. The van der Waals surface area contributed by atoms with Gasteiger partial charge in [-0.1, -0.05) is 67.7 Å². The highest BCUT2D eigenvalue weighted by Gasteiger charge is 2.13. The normalized spacial score (nSPS) is 15.1. The van der Waals surface area contributed by atoms with Crippen molar-refractivity contribution in [2.75, 3.05) is 13.1 Å². The third kappa shape index (κ3) is 5.08. The molecule has 25 heavy (non-hydrogen) atoms. The minimum atomic E-state index is 1.02. The Labute approximate surface area is 152 Å². The fourth-order valence-corrected chi connectivity index (χ4v) is 3.36. The standard InChI is InChI=1S/C24H27N/c1-2-3-4-7-12-21-15-16-24(22-13-8-5-9-14-22)23(19-21)20-25-17-10-6-11-18-25/h3-5,8-9,13-16,19H,2,6,10-11,17-18,20H2,1H3. The van der Waals surface area contributed by atoms with Crippen LogP contribution in [0.15, 0.2) is 60.7 Å². The molecular formula is C24H27N. The van der Waals surface area contributed by atoms with Crippen molar-refractivity contribution in [1.29, 1.82) is 0 Å². The molecule has 2 aromatic carbocycles. The van der Waals surface area contributed by atoms with Crippen molar-refractivity contribution in [3.63, 3.8) is 0 Å². The lowest BCUT2D eigenvalue weighted by Crippen LogP contribution is -2.29. The number of hydrogen-bond acceptors (Lipinski definition) is 1. The van der Waals surface area contributed by atoms with Crippen LogP contribution < -0.4 is 0 Å². The lowest BCUT2D eigenvalue weighted by Gasteiger charge is -2.27. The molecule has 3 rings (SSSR count). The van der Waals surface area contributed by atoms with E-state index in [1.54, 1.807) is 0 Å². The van der Waals surface area contributed by atoms with E-state index in [0.29, 0.717) is 0 Å². The van der Waals surface area contributed by atoms with Crippen LogP contribution in [-0.4, -0.2) is 18.0 Å². The molecule has 0 atom stereocenters. The molecule has 1 nitrogen and oxygen atoms in total. The van der Waals surface area contributed by atoms with Crippen molar-refractivity contribution in [3.05, 3.63) is 71.8 Å². The first-order valence-electron chi connectivity index (χ1n) is 9.44. The van der Waals surface area contributed by atoms with Crippen LogP contribution in [0.2, 0.25) is 0 Å². The second-order valence-electron chi connectivity index (χ2n) is 6.65. The summed E-state index contributed by atoms with van der Waals surface area (Å²) in [7, 11) is 0. The van der Waals surface area contributed by atoms with Crippen LogP contribution in [0.1, 0.15) is 43.7 Å². The van der Waals surface area contributed by atoms with Crippen molar-refractivity contribution < 1.29 is 0 Å². The monoisotopic (exact) mass is 329 g/mol. The Kier molecular flexibility index (Phi) is 6.48. The number of likely N-dealkylation sites (tertiary alicyclic amines) is 1. The van der Waals surface area contributed by atoms with Gasteiger partial charge >= 0.3 is 0 Å². The lowest BCUT2D eigenvalue weighted by molar-refractivity contribution is 0.221. The van der Waals surface area contributed by atoms with Gasteiger partial charge in [-0.25, -0.2) is 0 Å². The Hall–Kier alpha value is -2.30. The van der Waals surface area contributed by atoms with E-state index in [9.17, 15) is 0 Å². The first-order chi connectivity index (χ1) is 12.4. The van der Waals surface area contributed by atoms with E-state index in [-0.39, 0.29) is 0 Å². The summed E-state index contributed by atoms with van der Waals surface area (Å²) < 4.78 is 0. The summed E-state index contributed by atoms with van der Waals surface area (Å²) >= 11 is 0. The molecule has 0 saturated carbocycles. The first-order valence-corrected chi connectivity index (χ1v) is 9.44. The molecule has 0 unspecified atom stereocenters. The van der Waals surface area contributed by atoms with Crippen LogP contribution in [0.3, 0.4) is 0 Å². The van der Waals surface area contributed by atoms with Gasteiger partial charge in [-0.2, -0.15) is 0 Å². The molecule has 0 amide bonds. The average molecular weight is 329 g/mol. The highest BCUT2D eigenvalue weighted by atomic mass is 15.1. The fraction of sp³-hybridized carbons (Fsp3) is 0.333. The van der Waals surface area contributed by atoms with Gasteiger partial charge in [0.25, 0.3) is 0 Å². The zero-order valence-electron chi connectivity index (χ0n) is 15.2. The van der Waals surface area contributed by atoms with Gasteiger partial charge < -0.3 is 0 Å². The summed E-state index contributed by atoms with van der Waals surface area (Å²) in [5.74, 6) is 6.43. The SMILES string of the molecule is CCC=CC#Cc1ccc(-c2ccccc2)c(CN2CCCCC2)c1. The summed E-state index contributed by atoms with van der Waals surface area (Å²) in [6, 6.07) is 17.4. The number of allylic oxidation sites excluding steroid dienone is 2. The quantitative estimate of drug-likeness (QED) is 0.654. The molecule has 0 radical (unpaired) electrons. The molecule has 1 aliphatic heterocycles. The van der Waals surface area contributed by atoms with Crippen molar-refractivity contribution in [2.45, 2.75) is 39.2 Å². The largest absolute Gasteiger partial charge is 0.299 e. The first kappa shape index (κ1) is 17.5. The lowest BCUT2D eigenvalue weighted by atomic mass is 9.96. The molecule has 2 aromatic rings. The Bertz CT molecular complexity index is 756. The van der Waals surface area contributed by atoms with Crippen LogP contribution >= 0.6 is 0 Å². The van der Waals surface area contributed by atoms with Crippen LogP contribution in [0.25, 0.3) is 11.1 Å². The number of rotatable bonds is 4. The molecule has 128 valence electrons. The Morgan fingerprint density at radius 2 is 1.80 bits per heavy atom. The Morgan fingerprint density at radius 3 is 2.56 bits per heavy atom. The van der Waals surface area contributed by atoms with Crippen molar-refractivity contribution in [1.82, 2.24) is 4.90 Å². The maximum absolute atomic E-state index is 3.28. The third-order valence-electron chi connectivity index (χ3n) is 4.69. The fourth-order valence-electron chi connectivity index (χ4n) is 3.36. The molecule has 1 fully saturated rings. The van der Waals surface area contributed by atoms with Crippen molar-refractivity contribution >= 4 is 0 Å². The molecule has 1 aliphatic rings. The van der Waals surface area contributed by atoms with Gasteiger partial charge in [0.1, 0.15) is 0 Å². The Morgan fingerprint density at radius 1 is 1.00 bits per heavy atom. The van der Waals surface area contributed by atoms with Crippen LogP contribution in [0.4, 0.5) is 0 Å². The minimum Gasteiger partial charge on any atom is -0.299 e. The van der Waals surface area contributed by atoms with Gasteiger partial charge in [0.15, 0.2) is 0 Å². The predicted molar refractivity (Wildman–Crippen MR) is 107 cm³/mol. The van der Waals surface area contributed by atoms with Gasteiger partial charge in [0.2, 0.25) is 0 Å². The van der Waals surface area contributed by atoms with Gasteiger partial charge in [-0.15, -0.1) is 0 Å². The van der Waals surface area contributed by atoms with Crippen molar-refractivity contribution in [3.8, 4) is 23.0 Å². The van der Waals surface area contributed by atoms with Crippen LogP contribution in [-0.2, 0) is 6.54 Å². The van der Waals surface area contributed by atoms with Crippen LogP contribution in [0.5, 0.6) is 0 Å². The molecule has 0 aromatic heterocycles. The number of nitrogens with zero attached hydrogens (tertiary/aromatic N) is 1. The van der Waals surface area contributed by atoms with Crippen LogP contribution in [0, 0.1) is 11.8 Å². The van der Waals surface area contributed by atoms with E-state index >= 15 is 0 Å². The molecule has 1 heteroatoms. The molecule has 0 spiro atoms. The van der Waals surface area contributed by atoms with E-state index in [0.717, 1.165) is 18.5 Å². The predicted octanol–water partition coefficient (Wildman–Crippen LogP) is 5.66. The van der Waals surface area contributed by atoms with E-state index in [4.69, 9.17) is 0 Å². The maximum atomic E-state index is 3.28. The topological polar surface area (TPSA) is 3.24 Å². The Balaban J connectivity index is 1.90. The second-order valence-corrected chi connectivity index (χ2v) is 6.65.